The van der Waals surface area contributed by atoms with Crippen LogP contribution in [0.3, 0.4) is 0 Å². The zero-order valence-electron chi connectivity index (χ0n) is 21.5. The lowest BCUT2D eigenvalue weighted by atomic mass is 9.93. The lowest BCUT2D eigenvalue weighted by Gasteiger charge is -2.13. The minimum absolute atomic E-state index is 0.0587. The number of aromatic carboxylic acids is 1. The van der Waals surface area contributed by atoms with Crippen molar-refractivity contribution in [2.75, 3.05) is 0 Å². The number of ketones is 1. The van der Waals surface area contributed by atoms with Crippen molar-refractivity contribution in [3.05, 3.63) is 88.7 Å². The van der Waals surface area contributed by atoms with Crippen LogP contribution in [0.2, 0.25) is 5.15 Å². The molecule has 0 radical (unpaired) electrons. The van der Waals surface area contributed by atoms with E-state index in [1.165, 1.54) is 36.0 Å². The van der Waals surface area contributed by atoms with Gasteiger partial charge >= 0.3 is 11.9 Å². The molecule has 0 bridgehead atoms. The highest BCUT2D eigenvalue weighted by atomic mass is 35.5. The SMILES string of the molecule is CC(N)C(=O)Oc1ccc2cc(Cn3c(C(=O)O)c(C4=CC=CCC4=O)c4c5occc5c(F)cc43)c(Cl)nc2c1. The van der Waals surface area contributed by atoms with E-state index < -0.39 is 23.8 Å². The van der Waals surface area contributed by atoms with Gasteiger partial charge in [-0.2, -0.15) is 0 Å². The summed E-state index contributed by atoms with van der Waals surface area (Å²) in [6.07, 6.45) is 6.32. The Balaban J connectivity index is 1.55. The Bertz CT molecular complexity index is 2000. The summed E-state index contributed by atoms with van der Waals surface area (Å²) in [5.41, 5.74) is 6.91. The molecule has 0 aliphatic heterocycles. The van der Waals surface area contributed by atoms with Crippen molar-refractivity contribution in [2.24, 2.45) is 5.73 Å². The number of benzene rings is 2. The molecule has 6 rings (SSSR count). The third-order valence-corrected chi connectivity index (χ3v) is 7.25. The van der Waals surface area contributed by atoms with E-state index in [4.69, 9.17) is 26.5 Å². The van der Waals surface area contributed by atoms with E-state index in [0.29, 0.717) is 21.9 Å². The Hall–Kier alpha value is -4.80. The molecule has 0 saturated heterocycles. The van der Waals surface area contributed by atoms with Gasteiger partial charge < -0.3 is 24.6 Å². The predicted molar refractivity (Wildman–Crippen MR) is 151 cm³/mol. The van der Waals surface area contributed by atoms with Gasteiger partial charge in [0.05, 0.1) is 34.6 Å². The minimum Gasteiger partial charge on any atom is -0.477 e. The number of halogens is 2. The molecule has 3 heterocycles. The molecule has 1 aliphatic rings. The molecule has 5 aromatic rings. The molecule has 1 unspecified atom stereocenters. The summed E-state index contributed by atoms with van der Waals surface area (Å²) < 4.78 is 27.5. The maximum atomic E-state index is 15.2. The number of rotatable bonds is 6. The summed E-state index contributed by atoms with van der Waals surface area (Å²) in [7, 11) is 0. The molecule has 11 heteroatoms. The van der Waals surface area contributed by atoms with Crippen molar-refractivity contribution in [2.45, 2.75) is 25.9 Å². The summed E-state index contributed by atoms with van der Waals surface area (Å²) in [6, 6.07) is 8.38. The maximum Gasteiger partial charge on any atom is 0.353 e. The Kier molecular flexibility index (Phi) is 6.44. The number of aromatic nitrogens is 2. The van der Waals surface area contributed by atoms with Gasteiger partial charge in [-0.15, -0.1) is 0 Å². The number of hydrogen-bond acceptors (Lipinski definition) is 7. The largest absolute Gasteiger partial charge is 0.477 e. The molecule has 2 aromatic carbocycles. The Morgan fingerprint density at radius 2 is 2.07 bits per heavy atom. The van der Waals surface area contributed by atoms with Gasteiger partial charge in [0, 0.05) is 34.6 Å². The zero-order valence-corrected chi connectivity index (χ0v) is 22.2. The quantitative estimate of drug-likeness (QED) is 0.151. The van der Waals surface area contributed by atoms with E-state index in [1.807, 2.05) is 0 Å². The number of esters is 1. The number of nitrogens with zero attached hydrogens (tertiary/aromatic N) is 2. The zero-order chi connectivity index (χ0) is 29.0. The maximum absolute atomic E-state index is 15.2. The Labute approximate surface area is 236 Å². The van der Waals surface area contributed by atoms with Crippen LogP contribution in [0, 0.1) is 5.82 Å². The van der Waals surface area contributed by atoms with Crippen LogP contribution in [0.25, 0.3) is 38.3 Å². The molecular formula is C30H21ClFN3O6. The van der Waals surface area contributed by atoms with Gasteiger partial charge in [0.2, 0.25) is 0 Å². The number of carboxylic acids is 1. The number of pyridine rings is 1. The predicted octanol–water partition coefficient (Wildman–Crippen LogP) is 5.64. The van der Waals surface area contributed by atoms with Crippen molar-refractivity contribution in [3.8, 4) is 5.75 Å². The van der Waals surface area contributed by atoms with E-state index in [1.54, 1.807) is 36.4 Å². The number of hydrogen-bond donors (Lipinski definition) is 2. The summed E-state index contributed by atoms with van der Waals surface area (Å²) in [5.74, 6) is -2.57. The van der Waals surface area contributed by atoms with Gasteiger partial charge in [0.15, 0.2) is 5.78 Å². The van der Waals surface area contributed by atoms with Crippen LogP contribution in [-0.2, 0) is 16.1 Å². The number of furan rings is 1. The van der Waals surface area contributed by atoms with Crippen molar-refractivity contribution in [1.82, 2.24) is 9.55 Å². The van der Waals surface area contributed by atoms with Crippen LogP contribution in [0.1, 0.15) is 35.0 Å². The molecule has 1 aliphatic carbocycles. The number of carbonyl (C=O) groups is 3. The van der Waals surface area contributed by atoms with Crippen LogP contribution in [0.15, 0.2) is 65.3 Å². The lowest BCUT2D eigenvalue weighted by molar-refractivity contribution is -0.135. The van der Waals surface area contributed by atoms with E-state index in [-0.39, 0.29) is 63.0 Å². The van der Waals surface area contributed by atoms with Crippen LogP contribution in [0.4, 0.5) is 4.39 Å². The molecule has 3 aromatic heterocycles. The van der Waals surface area contributed by atoms with Gasteiger partial charge in [-0.3, -0.25) is 4.79 Å². The van der Waals surface area contributed by atoms with Gasteiger partial charge in [-0.05, 0) is 37.3 Å². The first-order valence-corrected chi connectivity index (χ1v) is 12.9. The average molecular weight is 574 g/mol. The minimum atomic E-state index is -1.31. The summed E-state index contributed by atoms with van der Waals surface area (Å²) in [6.45, 7) is 1.40. The number of nitrogens with two attached hydrogens (primary N) is 1. The molecule has 0 fully saturated rings. The number of allylic oxidation sites excluding steroid dienone is 4. The molecule has 9 nitrogen and oxygen atoms in total. The number of fused-ring (bicyclic) bond motifs is 4. The fourth-order valence-corrected chi connectivity index (χ4v) is 5.25. The van der Waals surface area contributed by atoms with E-state index >= 15 is 4.39 Å². The highest BCUT2D eigenvalue weighted by Gasteiger charge is 2.31. The second-order valence-corrected chi connectivity index (χ2v) is 10.0. The molecule has 3 N–H and O–H groups in total. The van der Waals surface area contributed by atoms with Gasteiger partial charge in [0.25, 0.3) is 0 Å². The third-order valence-electron chi connectivity index (χ3n) is 6.93. The van der Waals surface area contributed by atoms with Crippen molar-refractivity contribution in [1.29, 1.82) is 0 Å². The summed E-state index contributed by atoms with van der Waals surface area (Å²) >= 11 is 6.57. The van der Waals surface area contributed by atoms with Gasteiger partial charge in [-0.1, -0.05) is 29.8 Å². The first-order valence-electron chi connectivity index (χ1n) is 12.6. The molecule has 0 saturated carbocycles. The highest BCUT2D eigenvalue weighted by Crippen LogP contribution is 2.40. The summed E-state index contributed by atoms with van der Waals surface area (Å²) in [4.78, 5) is 42.0. The summed E-state index contributed by atoms with van der Waals surface area (Å²) in [5, 5.41) is 11.6. The number of carboxylic acid groups (broad SMARTS) is 1. The molecule has 0 spiro atoms. The number of carbonyl (C=O) groups excluding carboxylic acids is 2. The van der Waals surface area contributed by atoms with E-state index in [9.17, 15) is 19.5 Å². The van der Waals surface area contributed by atoms with Crippen LogP contribution in [0.5, 0.6) is 5.75 Å². The monoisotopic (exact) mass is 573 g/mol. The standard InChI is InChI=1S/C30H21ClFN3O6/c1-14(33)30(39)41-17-7-6-15-10-16(28(31)34-21(15)11-17)13-35-22-12-20(32)18-8-9-40-27(18)25(22)24(26(35)29(37)38)19-4-2-3-5-23(19)36/h2-4,6-12,14H,5,13,33H2,1H3,(H,37,38). The topological polar surface area (TPSA) is 138 Å². The second-order valence-electron chi connectivity index (χ2n) is 9.67. The number of Topliss-reactive ketones (excluding diaryl/α,β-unsaturated/α-hetero) is 1. The first-order chi connectivity index (χ1) is 19.6. The fraction of sp³-hybridized carbons (Fsp3) is 0.133. The van der Waals surface area contributed by atoms with Crippen LogP contribution in [-0.4, -0.2) is 38.4 Å². The van der Waals surface area contributed by atoms with Crippen LogP contribution >= 0.6 is 11.6 Å². The molecular weight excluding hydrogens is 553 g/mol. The smallest absolute Gasteiger partial charge is 0.353 e. The second kappa shape index (κ2) is 9.99. The average Bonchev–Trinajstić information content (AvgIpc) is 3.53. The highest BCUT2D eigenvalue weighted by molar-refractivity contribution is 6.31. The lowest BCUT2D eigenvalue weighted by Crippen LogP contribution is -2.30. The van der Waals surface area contributed by atoms with Crippen molar-refractivity contribution >= 4 is 67.7 Å². The Morgan fingerprint density at radius 3 is 2.80 bits per heavy atom. The normalized spacial score (nSPS) is 14.1. The van der Waals surface area contributed by atoms with Gasteiger partial charge in [0.1, 0.15) is 34.0 Å². The van der Waals surface area contributed by atoms with Crippen molar-refractivity contribution in [3.63, 3.8) is 0 Å². The van der Waals surface area contributed by atoms with Crippen molar-refractivity contribution < 1.29 is 33.0 Å². The molecule has 206 valence electrons. The first kappa shape index (κ1) is 26.4. The van der Waals surface area contributed by atoms with Crippen LogP contribution < -0.4 is 10.5 Å². The van der Waals surface area contributed by atoms with E-state index in [2.05, 4.69) is 4.98 Å². The third kappa shape index (κ3) is 4.47. The fourth-order valence-electron chi connectivity index (χ4n) is 5.04. The Morgan fingerprint density at radius 1 is 1.27 bits per heavy atom. The molecule has 1 atom stereocenters. The molecule has 0 amide bonds. The molecule has 41 heavy (non-hydrogen) atoms. The number of ether oxygens (including phenoxy) is 1. The van der Waals surface area contributed by atoms with Gasteiger partial charge in [-0.25, -0.2) is 19.0 Å². The van der Waals surface area contributed by atoms with E-state index in [0.717, 1.165) is 0 Å².